The molecule has 2 heterocycles. The first-order chi connectivity index (χ1) is 13.9. The molecule has 0 radical (unpaired) electrons. The lowest BCUT2D eigenvalue weighted by atomic mass is 10.2. The molecule has 1 aromatic heterocycles. The number of nitrogens with zero attached hydrogens (tertiary/aromatic N) is 2. The van der Waals surface area contributed by atoms with Crippen LogP contribution < -0.4 is 10.6 Å². The Hall–Kier alpha value is -2.22. The lowest BCUT2D eigenvalue weighted by molar-refractivity contribution is 0.0507. The second-order valence-corrected chi connectivity index (χ2v) is 8.09. The lowest BCUT2D eigenvalue weighted by Crippen LogP contribution is -2.44. The van der Waals surface area contributed by atoms with Crippen molar-refractivity contribution in [3.63, 3.8) is 0 Å². The molecule has 8 heteroatoms. The van der Waals surface area contributed by atoms with E-state index in [1.165, 1.54) is 0 Å². The average Bonchev–Trinajstić information content (AvgIpc) is 3.30. The normalized spacial score (nSPS) is 17.4. The number of likely N-dealkylation sites (tertiary alicyclic amines) is 1. The van der Waals surface area contributed by atoms with Crippen molar-refractivity contribution in [1.82, 2.24) is 15.5 Å². The fourth-order valence-corrected chi connectivity index (χ4v) is 3.06. The van der Waals surface area contributed by atoms with E-state index < -0.39 is 5.60 Å². The molecule has 0 bridgehead atoms. The van der Waals surface area contributed by atoms with Crippen LogP contribution in [-0.4, -0.2) is 68.0 Å². The topological polar surface area (TPSA) is 88.3 Å². The molecule has 0 saturated carbocycles. The number of carbonyl (C=O) groups is 1. The van der Waals surface area contributed by atoms with E-state index in [-0.39, 0.29) is 12.1 Å². The minimum atomic E-state index is -0.497. The predicted octanol–water partition coefficient (Wildman–Crippen LogP) is 2.79. The molecule has 1 unspecified atom stereocenters. The molecule has 8 nitrogen and oxygen atoms in total. The quantitative estimate of drug-likeness (QED) is 0.371. The van der Waals surface area contributed by atoms with Crippen LogP contribution >= 0.6 is 0 Å². The molecule has 1 atom stereocenters. The van der Waals surface area contributed by atoms with Crippen molar-refractivity contribution < 1.29 is 18.7 Å². The van der Waals surface area contributed by atoms with Crippen LogP contribution in [0.5, 0.6) is 0 Å². The fourth-order valence-electron chi connectivity index (χ4n) is 3.06. The molecule has 2 N–H and O–H groups in total. The fraction of sp³-hybridized carbons (Fsp3) is 0.714. The second kappa shape index (κ2) is 11.7. The van der Waals surface area contributed by atoms with Crippen LogP contribution in [0.1, 0.15) is 46.3 Å². The molecule has 0 aromatic carbocycles. The van der Waals surface area contributed by atoms with E-state index >= 15 is 0 Å². The van der Waals surface area contributed by atoms with Gasteiger partial charge in [0.15, 0.2) is 5.96 Å². The Morgan fingerprint density at radius 1 is 1.41 bits per heavy atom. The van der Waals surface area contributed by atoms with Crippen molar-refractivity contribution in [3.8, 4) is 0 Å². The molecule has 1 aliphatic heterocycles. The summed E-state index contributed by atoms with van der Waals surface area (Å²) in [6, 6.07) is 3.91. The number of furan rings is 1. The summed E-state index contributed by atoms with van der Waals surface area (Å²) in [6.45, 7) is 12.0. The summed E-state index contributed by atoms with van der Waals surface area (Å²) in [7, 11) is 0. The molecule has 1 saturated heterocycles. The van der Waals surface area contributed by atoms with E-state index in [4.69, 9.17) is 18.9 Å². The van der Waals surface area contributed by atoms with E-state index in [0.29, 0.717) is 19.7 Å². The summed E-state index contributed by atoms with van der Waals surface area (Å²) in [4.78, 5) is 19.0. The summed E-state index contributed by atoms with van der Waals surface area (Å²) >= 11 is 0. The number of guanidine groups is 1. The average molecular weight is 409 g/mol. The highest BCUT2D eigenvalue weighted by molar-refractivity contribution is 5.80. The van der Waals surface area contributed by atoms with Gasteiger partial charge in [-0.2, -0.15) is 0 Å². The Morgan fingerprint density at radius 3 is 2.93 bits per heavy atom. The standard InChI is InChI=1S/C21H36N4O4/c1-5-27-14-7-11-22-19(23-12-9-18-8-6-15-28-18)25-13-10-17(16-25)24-20(26)29-21(2,3)4/h6,8,15,17H,5,7,9-14,16H2,1-4H3,(H,22,23)(H,24,26). The molecular formula is C21H36N4O4. The van der Waals surface area contributed by atoms with Gasteiger partial charge in [0, 0.05) is 45.8 Å². The highest BCUT2D eigenvalue weighted by atomic mass is 16.6. The third-order valence-electron chi connectivity index (χ3n) is 4.36. The monoisotopic (exact) mass is 408 g/mol. The molecule has 0 aliphatic carbocycles. The molecule has 164 valence electrons. The zero-order valence-corrected chi connectivity index (χ0v) is 18.2. The second-order valence-electron chi connectivity index (χ2n) is 8.09. The van der Waals surface area contributed by atoms with Gasteiger partial charge in [0.25, 0.3) is 0 Å². The number of alkyl carbamates (subject to hydrolysis) is 1. The molecule has 1 fully saturated rings. The number of hydrogen-bond donors (Lipinski definition) is 2. The van der Waals surface area contributed by atoms with Crippen molar-refractivity contribution in [1.29, 1.82) is 0 Å². The van der Waals surface area contributed by atoms with Gasteiger partial charge < -0.3 is 29.4 Å². The van der Waals surface area contributed by atoms with Gasteiger partial charge in [-0.3, -0.25) is 4.99 Å². The van der Waals surface area contributed by atoms with Crippen molar-refractivity contribution in [2.45, 2.75) is 58.6 Å². The first-order valence-electron chi connectivity index (χ1n) is 10.5. The molecule has 1 aliphatic rings. The number of hydrogen-bond acceptors (Lipinski definition) is 5. The molecule has 1 amide bonds. The Bertz CT molecular complexity index is 625. The van der Waals surface area contributed by atoms with Crippen molar-refractivity contribution in [2.75, 3.05) is 39.4 Å². The van der Waals surface area contributed by atoms with Crippen LogP contribution in [0.3, 0.4) is 0 Å². The van der Waals surface area contributed by atoms with Crippen molar-refractivity contribution in [3.05, 3.63) is 24.2 Å². The van der Waals surface area contributed by atoms with Crippen LogP contribution in [0.2, 0.25) is 0 Å². The molecule has 1 aromatic rings. The Labute approximate surface area is 174 Å². The number of aliphatic imine (C=N–C) groups is 1. The third kappa shape index (κ3) is 9.21. The summed E-state index contributed by atoms with van der Waals surface area (Å²) in [6.07, 6.45) is 3.84. The van der Waals surface area contributed by atoms with Gasteiger partial charge in [-0.05, 0) is 52.7 Å². The molecule has 29 heavy (non-hydrogen) atoms. The Morgan fingerprint density at radius 2 is 2.24 bits per heavy atom. The summed E-state index contributed by atoms with van der Waals surface area (Å²) in [5.41, 5.74) is -0.497. The summed E-state index contributed by atoms with van der Waals surface area (Å²) < 4.78 is 16.2. The SMILES string of the molecule is CCOCCCN=C(NCCc1ccco1)N1CCC(NC(=O)OC(C)(C)C)C1. The lowest BCUT2D eigenvalue weighted by Gasteiger charge is -2.23. The van der Waals surface area contributed by atoms with Gasteiger partial charge in [-0.1, -0.05) is 0 Å². The maximum absolute atomic E-state index is 12.0. The Kier molecular flexibility index (Phi) is 9.31. The maximum atomic E-state index is 12.0. The summed E-state index contributed by atoms with van der Waals surface area (Å²) in [5.74, 6) is 1.81. The van der Waals surface area contributed by atoms with Gasteiger partial charge in [0.05, 0.1) is 12.3 Å². The van der Waals surface area contributed by atoms with Gasteiger partial charge in [0.2, 0.25) is 0 Å². The predicted molar refractivity (Wildman–Crippen MR) is 113 cm³/mol. The van der Waals surface area contributed by atoms with E-state index in [9.17, 15) is 4.79 Å². The first kappa shape index (κ1) is 23.1. The zero-order valence-electron chi connectivity index (χ0n) is 18.2. The molecule has 2 rings (SSSR count). The van der Waals surface area contributed by atoms with Crippen LogP contribution in [0, 0.1) is 0 Å². The smallest absolute Gasteiger partial charge is 0.407 e. The van der Waals surface area contributed by atoms with Gasteiger partial charge in [-0.25, -0.2) is 4.79 Å². The van der Waals surface area contributed by atoms with Gasteiger partial charge >= 0.3 is 6.09 Å². The minimum Gasteiger partial charge on any atom is -0.469 e. The molecular weight excluding hydrogens is 372 g/mol. The van der Waals surface area contributed by atoms with Crippen LogP contribution in [0.4, 0.5) is 4.79 Å². The highest BCUT2D eigenvalue weighted by Crippen LogP contribution is 2.12. The van der Waals surface area contributed by atoms with Crippen LogP contribution in [0.15, 0.2) is 27.8 Å². The Balaban J connectivity index is 1.85. The van der Waals surface area contributed by atoms with E-state index in [0.717, 1.165) is 50.7 Å². The first-order valence-corrected chi connectivity index (χ1v) is 10.5. The van der Waals surface area contributed by atoms with E-state index in [2.05, 4.69) is 15.5 Å². The van der Waals surface area contributed by atoms with Crippen LogP contribution in [-0.2, 0) is 15.9 Å². The zero-order chi connectivity index (χ0) is 21.1. The largest absolute Gasteiger partial charge is 0.469 e. The molecule has 0 spiro atoms. The number of carbonyl (C=O) groups excluding carboxylic acids is 1. The summed E-state index contributed by atoms with van der Waals surface area (Å²) in [5, 5.41) is 6.40. The number of amides is 1. The number of ether oxygens (including phenoxy) is 2. The van der Waals surface area contributed by atoms with Crippen molar-refractivity contribution in [2.24, 2.45) is 4.99 Å². The maximum Gasteiger partial charge on any atom is 0.407 e. The van der Waals surface area contributed by atoms with Crippen molar-refractivity contribution >= 4 is 12.1 Å². The van der Waals surface area contributed by atoms with Gasteiger partial charge in [0.1, 0.15) is 11.4 Å². The highest BCUT2D eigenvalue weighted by Gasteiger charge is 2.27. The minimum absolute atomic E-state index is 0.0466. The number of rotatable bonds is 9. The van der Waals surface area contributed by atoms with E-state index in [1.807, 2.05) is 39.8 Å². The number of nitrogens with one attached hydrogen (secondary N) is 2. The van der Waals surface area contributed by atoms with Crippen LogP contribution in [0.25, 0.3) is 0 Å². The third-order valence-corrected chi connectivity index (χ3v) is 4.36. The van der Waals surface area contributed by atoms with Gasteiger partial charge in [-0.15, -0.1) is 0 Å². The van der Waals surface area contributed by atoms with E-state index in [1.54, 1.807) is 6.26 Å².